The Kier molecular flexibility index (Phi) is 3.84. The van der Waals surface area contributed by atoms with E-state index in [2.05, 4.69) is 5.32 Å². The molecule has 3 saturated heterocycles. The predicted molar refractivity (Wildman–Crippen MR) is 101 cm³/mol. The van der Waals surface area contributed by atoms with Gasteiger partial charge in [-0.3, -0.25) is 14.4 Å². The lowest BCUT2D eigenvalue weighted by atomic mass is 9.73. The Morgan fingerprint density at radius 2 is 2.14 bits per heavy atom. The summed E-state index contributed by atoms with van der Waals surface area (Å²) in [6.07, 6.45) is 2.02. The molecule has 1 aromatic carbocycles. The van der Waals surface area contributed by atoms with Crippen LogP contribution in [0.1, 0.15) is 30.3 Å². The zero-order valence-electron chi connectivity index (χ0n) is 15.6. The van der Waals surface area contributed by atoms with Crippen molar-refractivity contribution in [2.45, 2.75) is 31.5 Å². The van der Waals surface area contributed by atoms with E-state index in [-0.39, 0.29) is 46.5 Å². The van der Waals surface area contributed by atoms with Gasteiger partial charge in [-0.05, 0) is 25.0 Å². The van der Waals surface area contributed by atoms with Crippen molar-refractivity contribution in [2.24, 2.45) is 11.8 Å². The largest absolute Gasteiger partial charge is 0.451 e. The molecule has 4 heterocycles. The minimum Gasteiger partial charge on any atom is -0.451 e. The van der Waals surface area contributed by atoms with Crippen molar-refractivity contribution >= 4 is 22.8 Å². The number of amides is 2. The summed E-state index contributed by atoms with van der Waals surface area (Å²) < 4.78 is 12.0. The molecule has 146 valence electrons. The fourth-order valence-corrected chi connectivity index (χ4v) is 5.24. The molecule has 2 amide bonds. The molecule has 3 aliphatic heterocycles. The molecule has 7 nitrogen and oxygen atoms in total. The topological polar surface area (TPSA) is 88.9 Å². The third-order valence-electron chi connectivity index (χ3n) is 6.50. The summed E-state index contributed by atoms with van der Waals surface area (Å²) >= 11 is 0. The molecule has 7 heteroatoms. The number of hydrogen-bond donors (Lipinski definition) is 1. The number of hydrogen-bond acceptors (Lipinski definition) is 5. The SMILES string of the molecule is CC(=O)NC[C@H]1[C@H]2CN(C(=O)c3cc(=O)c4ccccc4o3)C[C@]23CC[C@H]1O3. The summed E-state index contributed by atoms with van der Waals surface area (Å²) in [7, 11) is 0. The van der Waals surface area contributed by atoms with Gasteiger partial charge in [0.1, 0.15) is 5.58 Å². The van der Waals surface area contributed by atoms with Gasteiger partial charge in [-0.15, -0.1) is 0 Å². The second kappa shape index (κ2) is 6.17. The maximum Gasteiger partial charge on any atom is 0.289 e. The first kappa shape index (κ1) is 17.4. The number of benzene rings is 1. The first-order chi connectivity index (χ1) is 13.5. The van der Waals surface area contributed by atoms with Crippen LogP contribution in [0.25, 0.3) is 11.0 Å². The molecule has 0 unspecified atom stereocenters. The van der Waals surface area contributed by atoms with E-state index in [9.17, 15) is 14.4 Å². The molecule has 0 radical (unpaired) electrons. The van der Waals surface area contributed by atoms with Crippen molar-refractivity contribution in [3.63, 3.8) is 0 Å². The Morgan fingerprint density at radius 3 is 2.96 bits per heavy atom. The number of nitrogens with one attached hydrogen (secondary N) is 1. The van der Waals surface area contributed by atoms with Crippen LogP contribution in [0.3, 0.4) is 0 Å². The number of ether oxygens (including phenoxy) is 1. The number of para-hydroxylation sites is 1. The lowest BCUT2D eigenvalue weighted by molar-refractivity contribution is -0.119. The van der Waals surface area contributed by atoms with E-state index in [4.69, 9.17) is 9.15 Å². The number of fused-ring (bicyclic) bond motifs is 2. The molecule has 4 atom stereocenters. The summed E-state index contributed by atoms with van der Waals surface area (Å²) in [6, 6.07) is 8.21. The van der Waals surface area contributed by atoms with Gasteiger partial charge in [0.15, 0.2) is 11.2 Å². The molecule has 1 spiro atoms. The highest BCUT2D eigenvalue weighted by atomic mass is 16.5. The number of likely N-dealkylation sites (tertiary alicyclic amines) is 1. The molecule has 2 aromatic rings. The first-order valence-corrected chi connectivity index (χ1v) is 9.71. The van der Waals surface area contributed by atoms with Gasteiger partial charge in [0.25, 0.3) is 5.91 Å². The summed E-state index contributed by atoms with van der Waals surface area (Å²) in [4.78, 5) is 38.5. The van der Waals surface area contributed by atoms with Gasteiger partial charge in [-0.1, -0.05) is 12.1 Å². The predicted octanol–water partition coefficient (Wildman–Crippen LogP) is 1.55. The zero-order chi connectivity index (χ0) is 19.5. The van der Waals surface area contributed by atoms with E-state index in [1.807, 2.05) is 0 Å². The molecular weight excluding hydrogens is 360 g/mol. The Labute approximate surface area is 161 Å². The van der Waals surface area contributed by atoms with E-state index in [0.29, 0.717) is 30.6 Å². The minimum atomic E-state index is -0.333. The number of rotatable bonds is 3. The second-order valence-electron chi connectivity index (χ2n) is 8.12. The van der Waals surface area contributed by atoms with Crippen LogP contribution >= 0.6 is 0 Å². The standard InChI is InChI=1S/C21H22N2O5/c1-12(24)22-9-14-15-10-23(11-21(15)7-6-18(14)28-21)20(26)19-8-16(25)13-4-2-3-5-17(13)27-19/h2-5,8,14-15,18H,6-7,9-11H2,1H3,(H,22,24)/t14-,15+,18+,21+/m0/s1. The Balaban J connectivity index is 1.41. The Hall–Kier alpha value is -2.67. The van der Waals surface area contributed by atoms with Crippen molar-refractivity contribution < 1.29 is 18.7 Å². The smallest absolute Gasteiger partial charge is 0.289 e. The highest BCUT2D eigenvalue weighted by Gasteiger charge is 2.63. The first-order valence-electron chi connectivity index (χ1n) is 9.71. The van der Waals surface area contributed by atoms with Crippen LogP contribution in [0.15, 0.2) is 39.5 Å². The fraction of sp³-hybridized carbons (Fsp3) is 0.476. The molecule has 3 aliphatic rings. The van der Waals surface area contributed by atoms with Gasteiger partial charge in [-0.25, -0.2) is 0 Å². The highest BCUT2D eigenvalue weighted by molar-refractivity contribution is 5.93. The zero-order valence-corrected chi connectivity index (χ0v) is 15.6. The minimum absolute atomic E-state index is 0.0549. The van der Waals surface area contributed by atoms with Gasteiger partial charge in [0, 0.05) is 37.9 Å². The van der Waals surface area contributed by atoms with Crippen molar-refractivity contribution in [3.05, 3.63) is 46.3 Å². The molecule has 28 heavy (non-hydrogen) atoms. The van der Waals surface area contributed by atoms with Gasteiger partial charge < -0.3 is 19.4 Å². The molecule has 3 fully saturated rings. The third-order valence-corrected chi connectivity index (χ3v) is 6.50. The van der Waals surface area contributed by atoms with Crippen molar-refractivity contribution in [1.82, 2.24) is 10.2 Å². The molecule has 1 aromatic heterocycles. The molecule has 5 rings (SSSR count). The molecule has 2 bridgehead atoms. The van der Waals surface area contributed by atoms with Crippen LogP contribution in [0, 0.1) is 11.8 Å². The molecule has 0 saturated carbocycles. The van der Waals surface area contributed by atoms with Crippen molar-refractivity contribution in [1.29, 1.82) is 0 Å². The molecule has 0 aliphatic carbocycles. The van der Waals surface area contributed by atoms with Gasteiger partial charge in [-0.2, -0.15) is 0 Å². The van der Waals surface area contributed by atoms with Gasteiger partial charge >= 0.3 is 0 Å². The fourth-order valence-electron chi connectivity index (χ4n) is 5.24. The van der Waals surface area contributed by atoms with Crippen LogP contribution in [-0.2, 0) is 9.53 Å². The van der Waals surface area contributed by atoms with E-state index in [1.54, 1.807) is 29.2 Å². The number of carbonyl (C=O) groups is 2. The maximum absolute atomic E-state index is 13.1. The third kappa shape index (κ3) is 2.57. The quantitative estimate of drug-likeness (QED) is 0.870. The van der Waals surface area contributed by atoms with Crippen LogP contribution in [0.5, 0.6) is 0 Å². The van der Waals surface area contributed by atoms with Crippen LogP contribution in [-0.4, -0.2) is 48.1 Å². The van der Waals surface area contributed by atoms with Gasteiger partial charge in [0.2, 0.25) is 5.91 Å². The van der Waals surface area contributed by atoms with Crippen molar-refractivity contribution in [3.8, 4) is 0 Å². The molecular formula is C21H22N2O5. The maximum atomic E-state index is 13.1. The van der Waals surface area contributed by atoms with Crippen LogP contribution < -0.4 is 10.7 Å². The van der Waals surface area contributed by atoms with Crippen LogP contribution in [0.4, 0.5) is 0 Å². The van der Waals surface area contributed by atoms with E-state index >= 15 is 0 Å². The molecule has 1 N–H and O–H groups in total. The number of carbonyl (C=O) groups excluding carboxylic acids is 2. The van der Waals surface area contributed by atoms with Crippen molar-refractivity contribution in [2.75, 3.05) is 19.6 Å². The lowest BCUT2D eigenvalue weighted by Gasteiger charge is -2.29. The summed E-state index contributed by atoms with van der Waals surface area (Å²) in [5.41, 5.74) is -0.138. The summed E-state index contributed by atoms with van der Waals surface area (Å²) in [5.74, 6) is 0.124. The Morgan fingerprint density at radius 1 is 1.32 bits per heavy atom. The summed E-state index contributed by atoms with van der Waals surface area (Å²) in [6.45, 7) is 3.13. The van der Waals surface area contributed by atoms with Crippen LogP contribution in [0.2, 0.25) is 0 Å². The van der Waals surface area contributed by atoms with E-state index in [0.717, 1.165) is 12.8 Å². The monoisotopic (exact) mass is 382 g/mol. The highest BCUT2D eigenvalue weighted by Crippen LogP contribution is 2.54. The number of nitrogens with zero attached hydrogens (tertiary/aromatic N) is 1. The normalized spacial score (nSPS) is 30.6. The average molecular weight is 382 g/mol. The average Bonchev–Trinajstić information content (AvgIpc) is 3.34. The lowest BCUT2D eigenvalue weighted by Crippen LogP contribution is -2.41. The van der Waals surface area contributed by atoms with Gasteiger partial charge in [0.05, 0.1) is 23.6 Å². The van der Waals surface area contributed by atoms with E-state index in [1.165, 1.54) is 13.0 Å². The van der Waals surface area contributed by atoms with E-state index < -0.39 is 0 Å². The summed E-state index contributed by atoms with van der Waals surface area (Å²) in [5, 5.41) is 3.37. The second-order valence-corrected chi connectivity index (χ2v) is 8.12. The Bertz CT molecular complexity index is 1030.